The second kappa shape index (κ2) is 3.89. The summed E-state index contributed by atoms with van der Waals surface area (Å²) in [6.07, 6.45) is 1.72. The number of phenols is 1. The molecule has 4 nitrogen and oxygen atoms in total. The number of hydrogen-bond donors (Lipinski definition) is 2. The number of rotatable bonds is 1. The van der Waals surface area contributed by atoms with Gasteiger partial charge in [-0.15, -0.1) is 0 Å². The van der Waals surface area contributed by atoms with E-state index in [1.54, 1.807) is 6.08 Å². The smallest absolute Gasteiger partial charge is 0.356 e. The Balaban J connectivity index is 2.38. The van der Waals surface area contributed by atoms with Gasteiger partial charge in [0.15, 0.2) is 6.73 Å². The number of carbonyl (C=O) groups excluding carboxylic acids is 1. The predicted molar refractivity (Wildman–Crippen MR) is 59.7 cm³/mol. The SMILES string of the molecule is Cc1cc(/C=C2\NCOC2=O)cc(C)c1O. The average molecular weight is 219 g/mol. The first-order valence-corrected chi connectivity index (χ1v) is 5.01. The predicted octanol–water partition coefficient (Wildman–Crippen LogP) is 1.45. The van der Waals surface area contributed by atoms with Gasteiger partial charge in [-0.2, -0.15) is 0 Å². The molecule has 4 heteroatoms. The Labute approximate surface area is 93.5 Å². The molecule has 0 bridgehead atoms. The summed E-state index contributed by atoms with van der Waals surface area (Å²) in [5, 5.41) is 12.5. The summed E-state index contributed by atoms with van der Waals surface area (Å²) in [7, 11) is 0. The molecule has 0 atom stereocenters. The molecular weight excluding hydrogens is 206 g/mol. The van der Waals surface area contributed by atoms with E-state index in [2.05, 4.69) is 5.32 Å². The summed E-state index contributed by atoms with van der Waals surface area (Å²) < 4.78 is 4.75. The van der Waals surface area contributed by atoms with Crippen LogP contribution in [-0.4, -0.2) is 17.8 Å². The highest BCUT2D eigenvalue weighted by Gasteiger charge is 2.17. The minimum atomic E-state index is -0.344. The van der Waals surface area contributed by atoms with Gasteiger partial charge in [0.05, 0.1) is 0 Å². The molecule has 1 aromatic rings. The Morgan fingerprint density at radius 2 is 2.00 bits per heavy atom. The normalized spacial score (nSPS) is 17.4. The molecule has 1 aliphatic heterocycles. The Hall–Kier alpha value is -1.97. The van der Waals surface area contributed by atoms with E-state index in [1.807, 2.05) is 26.0 Å². The molecular formula is C12H13NO3. The molecule has 0 spiro atoms. The van der Waals surface area contributed by atoms with Crippen LogP contribution in [0.2, 0.25) is 0 Å². The maximum Gasteiger partial charge on any atom is 0.356 e. The fourth-order valence-corrected chi connectivity index (χ4v) is 1.68. The lowest BCUT2D eigenvalue weighted by molar-refractivity contribution is -0.135. The van der Waals surface area contributed by atoms with Crippen molar-refractivity contribution in [2.75, 3.05) is 6.73 Å². The number of aromatic hydroxyl groups is 1. The van der Waals surface area contributed by atoms with Crippen LogP contribution in [0.4, 0.5) is 0 Å². The molecule has 0 saturated carbocycles. The standard InChI is InChI=1S/C12H13NO3/c1-7-3-9(4-8(2)11(7)14)5-10-12(15)16-6-13-10/h3-5,13-14H,6H2,1-2H3/b10-5-. The van der Waals surface area contributed by atoms with Crippen LogP contribution in [0.25, 0.3) is 6.08 Å². The van der Waals surface area contributed by atoms with Crippen LogP contribution in [-0.2, 0) is 9.53 Å². The Morgan fingerprint density at radius 1 is 1.38 bits per heavy atom. The van der Waals surface area contributed by atoms with Gasteiger partial charge in [-0.1, -0.05) is 0 Å². The second-order valence-electron chi connectivity index (χ2n) is 3.81. The van der Waals surface area contributed by atoms with Crippen molar-refractivity contribution in [2.24, 2.45) is 0 Å². The molecule has 2 rings (SSSR count). The van der Waals surface area contributed by atoms with Crippen molar-refractivity contribution < 1.29 is 14.6 Å². The monoisotopic (exact) mass is 219 g/mol. The van der Waals surface area contributed by atoms with Crippen LogP contribution < -0.4 is 5.32 Å². The van der Waals surface area contributed by atoms with Crippen LogP contribution >= 0.6 is 0 Å². The Kier molecular flexibility index (Phi) is 2.56. The minimum absolute atomic E-state index is 0.223. The van der Waals surface area contributed by atoms with Crippen LogP contribution in [0.15, 0.2) is 17.8 Å². The summed E-state index contributed by atoms with van der Waals surface area (Å²) in [4.78, 5) is 11.2. The third-order valence-electron chi connectivity index (χ3n) is 2.51. The van der Waals surface area contributed by atoms with Gasteiger partial charge >= 0.3 is 5.97 Å². The van der Waals surface area contributed by atoms with E-state index in [0.29, 0.717) is 11.4 Å². The second-order valence-corrected chi connectivity index (χ2v) is 3.81. The number of benzene rings is 1. The third-order valence-corrected chi connectivity index (χ3v) is 2.51. The number of cyclic esters (lactones) is 1. The highest BCUT2D eigenvalue weighted by molar-refractivity contribution is 5.94. The van der Waals surface area contributed by atoms with E-state index < -0.39 is 0 Å². The number of nitrogens with one attached hydrogen (secondary N) is 1. The molecule has 1 saturated heterocycles. The molecule has 0 aromatic heterocycles. The lowest BCUT2D eigenvalue weighted by Gasteiger charge is -2.05. The Morgan fingerprint density at radius 3 is 2.50 bits per heavy atom. The van der Waals surface area contributed by atoms with Gasteiger partial charge in [0, 0.05) is 0 Å². The first-order valence-electron chi connectivity index (χ1n) is 5.01. The van der Waals surface area contributed by atoms with Crippen LogP contribution in [0, 0.1) is 13.8 Å². The lowest BCUT2D eigenvalue weighted by atomic mass is 10.0. The number of esters is 1. The number of hydrogen-bond acceptors (Lipinski definition) is 4. The summed E-state index contributed by atoms with van der Waals surface area (Å²) in [6.45, 7) is 3.87. The zero-order valence-corrected chi connectivity index (χ0v) is 9.20. The summed E-state index contributed by atoms with van der Waals surface area (Å²) in [6, 6.07) is 3.64. The summed E-state index contributed by atoms with van der Waals surface area (Å²) in [5.41, 5.74) is 2.90. The minimum Gasteiger partial charge on any atom is -0.507 e. The number of ether oxygens (including phenoxy) is 1. The first kappa shape index (κ1) is 10.5. The van der Waals surface area contributed by atoms with E-state index in [-0.39, 0.29) is 12.7 Å². The zero-order chi connectivity index (χ0) is 11.7. The van der Waals surface area contributed by atoms with Gasteiger partial charge in [0.2, 0.25) is 0 Å². The number of carbonyl (C=O) groups is 1. The van der Waals surface area contributed by atoms with Gasteiger partial charge in [0.1, 0.15) is 11.4 Å². The molecule has 1 aliphatic rings. The molecule has 84 valence electrons. The van der Waals surface area contributed by atoms with Crippen molar-refractivity contribution >= 4 is 12.0 Å². The molecule has 1 fully saturated rings. The van der Waals surface area contributed by atoms with Crippen molar-refractivity contribution in [3.05, 3.63) is 34.5 Å². The fourth-order valence-electron chi connectivity index (χ4n) is 1.68. The molecule has 1 heterocycles. The molecule has 2 N–H and O–H groups in total. The van der Waals surface area contributed by atoms with Crippen molar-refractivity contribution in [1.29, 1.82) is 0 Å². The molecule has 0 aliphatic carbocycles. The zero-order valence-electron chi connectivity index (χ0n) is 9.20. The average Bonchev–Trinajstić information content (AvgIpc) is 2.61. The maximum atomic E-state index is 11.2. The van der Waals surface area contributed by atoms with Crippen LogP contribution in [0.5, 0.6) is 5.75 Å². The molecule has 1 aromatic carbocycles. The largest absolute Gasteiger partial charge is 0.507 e. The number of phenolic OH excluding ortho intramolecular Hbond substituents is 1. The van der Waals surface area contributed by atoms with Crippen LogP contribution in [0.3, 0.4) is 0 Å². The fraction of sp³-hybridized carbons (Fsp3) is 0.250. The molecule has 16 heavy (non-hydrogen) atoms. The van der Waals surface area contributed by atoms with E-state index in [0.717, 1.165) is 16.7 Å². The van der Waals surface area contributed by atoms with Gasteiger partial charge < -0.3 is 15.2 Å². The van der Waals surface area contributed by atoms with Crippen molar-refractivity contribution in [1.82, 2.24) is 5.32 Å². The van der Waals surface area contributed by atoms with E-state index in [1.165, 1.54) is 0 Å². The Bertz CT molecular complexity index is 454. The van der Waals surface area contributed by atoms with Gasteiger partial charge in [-0.3, -0.25) is 0 Å². The van der Waals surface area contributed by atoms with Gasteiger partial charge in [0.25, 0.3) is 0 Å². The topological polar surface area (TPSA) is 58.6 Å². The highest BCUT2D eigenvalue weighted by Crippen LogP contribution is 2.24. The summed E-state index contributed by atoms with van der Waals surface area (Å²) in [5.74, 6) is -0.0486. The van der Waals surface area contributed by atoms with E-state index in [4.69, 9.17) is 4.74 Å². The maximum absolute atomic E-state index is 11.2. The van der Waals surface area contributed by atoms with Crippen molar-refractivity contribution in [3.63, 3.8) is 0 Å². The highest BCUT2D eigenvalue weighted by atomic mass is 16.6. The van der Waals surface area contributed by atoms with E-state index >= 15 is 0 Å². The van der Waals surface area contributed by atoms with Gasteiger partial charge in [-0.05, 0) is 48.7 Å². The molecule has 0 radical (unpaired) electrons. The summed E-state index contributed by atoms with van der Waals surface area (Å²) >= 11 is 0. The molecule has 0 amide bonds. The lowest BCUT2D eigenvalue weighted by Crippen LogP contribution is -2.06. The van der Waals surface area contributed by atoms with E-state index in [9.17, 15) is 9.90 Å². The van der Waals surface area contributed by atoms with Crippen molar-refractivity contribution in [2.45, 2.75) is 13.8 Å². The van der Waals surface area contributed by atoms with Crippen molar-refractivity contribution in [3.8, 4) is 5.75 Å². The molecule has 0 unspecified atom stereocenters. The first-order chi connectivity index (χ1) is 7.58. The number of aryl methyl sites for hydroxylation is 2. The third kappa shape index (κ3) is 1.86. The quantitative estimate of drug-likeness (QED) is 0.554. The van der Waals surface area contributed by atoms with Gasteiger partial charge in [-0.25, -0.2) is 4.79 Å². The van der Waals surface area contributed by atoms with Crippen LogP contribution in [0.1, 0.15) is 16.7 Å².